The van der Waals surface area contributed by atoms with Gasteiger partial charge in [0.25, 0.3) is 0 Å². The average molecular weight is 309 g/mol. The molecule has 1 aliphatic rings. The van der Waals surface area contributed by atoms with Crippen LogP contribution in [0, 0.1) is 6.92 Å². The zero-order valence-corrected chi connectivity index (χ0v) is 13.5. The maximum atomic E-state index is 4.48. The molecule has 0 bridgehead atoms. The number of benzene rings is 1. The highest BCUT2D eigenvalue weighted by atomic mass is 32.2. The van der Waals surface area contributed by atoms with Gasteiger partial charge >= 0.3 is 0 Å². The Morgan fingerprint density at radius 2 is 1.95 bits per heavy atom. The molecular weight excluding hydrogens is 290 g/mol. The first-order chi connectivity index (χ1) is 10.8. The predicted octanol–water partition coefficient (Wildman–Crippen LogP) is 4.50. The van der Waals surface area contributed by atoms with Crippen molar-refractivity contribution in [2.75, 3.05) is 18.0 Å². The molecule has 4 heteroatoms. The molecule has 0 N–H and O–H groups in total. The lowest BCUT2D eigenvalue weighted by Gasteiger charge is -2.18. The molecule has 1 fully saturated rings. The van der Waals surface area contributed by atoms with Gasteiger partial charge in [-0.2, -0.15) is 0 Å². The molecule has 0 saturated carbocycles. The monoisotopic (exact) mass is 309 g/mol. The molecule has 1 aliphatic heterocycles. The molecule has 0 aliphatic carbocycles. The summed E-state index contributed by atoms with van der Waals surface area (Å²) in [4.78, 5) is 8.23. The summed E-state index contributed by atoms with van der Waals surface area (Å²) in [5.74, 6) is 0. The van der Waals surface area contributed by atoms with Crippen LogP contribution >= 0.6 is 11.9 Å². The van der Waals surface area contributed by atoms with Crippen molar-refractivity contribution in [1.29, 1.82) is 0 Å². The molecule has 22 heavy (non-hydrogen) atoms. The highest BCUT2D eigenvalue weighted by molar-refractivity contribution is 7.98. The maximum absolute atomic E-state index is 4.48. The van der Waals surface area contributed by atoms with Crippen molar-refractivity contribution in [3.05, 3.63) is 54.4 Å². The third-order valence-electron chi connectivity index (χ3n) is 4.20. The van der Waals surface area contributed by atoms with E-state index in [1.807, 2.05) is 12.3 Å². The summed E-state index contributed by atoms with van der Waals surface area (Å²) >= 11 is 1.76. The van der Waals surface area contributed by atoms with Crippen LogP contribution in [0.15, 0.2) is 53.7 Å². The number of hydrogen-bond acceptors (Lipinski definition) is 3. The molecule has 1 aromatic carbocycles. The summed E-state index contributed by atoms with van der Waals surface area (Å²) in [6.07, 6.45) is 6.65. The molecule has 3 nitrogen and oxygen atoms in total. The molecule has 0 radical (unpaired) electrons. The molecule has 0 atom stereocenters. The quantitative estimate of drug-likeness (QED) is 0.711. The lowest BCUT2D eigenvalue weighted by atomic mass is 10.3. The number of nitrogens with zero attached hydrogens (tertiary/aromatic N) is 3. The molecule has 2 aromatic heterocycles. The third kappa shape index (κ3) is 2.48. The van der Waals surface area contributed by atoms with Gasteiger partial charge in [-0.15, -0.1) is 0 Å². The topological polar surface area (TPSA) is 21.1 Å². The molecule has 1 saturated heterocycles. The van der Waals surface area contributed by atoms with Crippen LogP contribution in [0.4, 0.5) is 5.69 Å². The van der Waals surface area contributed by atoms with Crippen molar-refractivity contribution in [3.8, 4) is 0 Å². The molecule has 4 rings (SSSR count). The Morgan fingerprint density at radius 1 is 1.09 bits per heavy atom. The molecule has 112 valence electrons. The Balaban J connectivity index is 1.66. The van der Waals surface area contributed by atoms with E-state index in [1.54, 1.807) is 11.9 Å². The second kappa shape index (κ2) is 5.69. The van der Waals surface area contributed by atoms with Gasteiger partial charge in [0.1, 0.15) is 0 Å². The fourth-order valence-electron chi connectivity index (χ4n) is 3.09. The minimum absolute atomic E-state index is 1.09. The van der Waals surface area contributed by atoms with Crippen LogP contribution in [0.25, 0.3) is 11.0 Å². The van der Waals surface area contributed by atoms with Crippen LogP contribution in [0.1, 0.15) is 18.4 Å². The van der Waals surface area contributed by atoms with Crippen molar-refractivity contribution in [1.82, 2.24) is 8.96 Å². The fraction of sp³-hybridized carbons (Fsp3) is 0.278. The van der Waals surface area contributed by atoms with E-state index in [0.29, 0.717) is 0 Å². The summed E-state index contributed by atoms with van der Waals surface area (Å²) in [7, 11) is 0. The lowest BCUT2D eigenvalue weighted by Crippen LogP contribution is -2.17. The molecule has 3 heterocycles. The van der Waals surface area contributed by atoms with Crippen molar-refractivity contribution in [2.24, 2.45) is 0 Å². The Kier molecular flexibility index (Phi) is 3.54. The second-order valence-corrected chi connectivity index (χ2v) is 6.84. The zero-order chi connectivity index (χ0) is 14.9. The first-order valence-electron chi connectivity index (χ1n) is 7.77. The number of pyridine rings is 1. The predicted molar refractivity (Wildman–Crippen MR) is 93.6 cm³/mol. The summed E-state index contributed by atoms with van der Waals surface area (Å²) < 4.78 is 2.22. The Hall–Kier alpha value is -1.94. The van der Waals surface area contributed by atoms with E-state index >= 15 is 0 Å². The van der Waals surface area contributed by atoms with Gasteiger partial charge in [0.15, 0.2) is 0 Å². The van der Waals surface area contributed by atoms with Crippen LogP contribution < -0.4 is 4.90 Å². The summed E-state index contributed by atoms with van der Waals surface area (Å²) in [5.41, 5.74) is 4.83. The van der Waals surface area contributed by atoms with Gasteiger partial charge in [-0.1, -0.05) is 6.07 Å². The van der Waals surface area contributed by atoms with Crippen LogP contribution in [-0.2, 0) is 0 Å². The third-order valence-corrected chi connectivity index (χ3v) is 5.16. The smallest absolute Gasteiger partial charge is 0.0919 e. The Bertz CT molecular complexity index is 803. The number of rotatable bonds is 3. The summed E-state index contributed by atoms with van der Waals surface area (Å²) in [6.45, 7) is 4.49. The summed E-state index contributed by atoms with van der Waals surface area (Å²) in [6, 6.07) is 13.0. The number of anilines is 1. The maximum Gasteiger partial charge on any atom is 0.0919 e. The minimum Gasteiger partial charge on any atom is -0.372 e. The zero-order valence-electron chi connectivity index (χ0n) is 12.7. The van der Waals surface area contributed by atoms with Crippen LogP contribution in [-0.4, -0.2) is 22.0 Å². The minimum atomic E-state index is 1.09. The SMILES string of the molecule is Cc1cn(Sc2cccc(N3CCCC3)c2)c2cccnc12. The van der Waals surface area contributed by atoms with Gasteiger partial charge in [-0.05, 0) is 67.6 Å². The second-order valence-electron chi connectivity index (χ2n) is 5.79. The van der Waals surface area contributed by atoms with Crippen molar-refractivity contribution < 1.29 is 0 Å². The van der Waals surface area contributed by atoms with E-state index < -0.39 is 0 Å². The van der Waals surface area contributed by atoms with E-state index in [1.165, 1.54) is 47.6 Å². The van der Waals surface area contributed by atoms with E-state index in [-0.39, 0.29) is 0 Å². The first kappa shape index (κ1) is 13.7. The van der Waals surface area contributed by atoms with Gasteiger partial charge in [-0.25, -0.2) is 0 Å². The largest absolute Gasteiger partial charge is 0.372 e. The molecule has 0 spiro atoms. The summed E-state index contributed by atoms with van der Waals surface area (Å²) in [5, 5.41) is 0. The van der Waals surface area contributed by atoms with Crippen molar-refractivity contribution >= 4 is 28.7 Å². The lowest BCUT2D eigenvalue weighted by molar-refractivity contribution is 0.949. The van der Waals surface area contributed by atoms with E-state index in [9.17, 15) is 0 Å². The van der Waals surface area contributed by atoms with E-state index in [0.717, 1.165) is 5.52 Å². The van der Waals surface area contributed by atoms with Gasteiger partial charge in [0, 0.05) is 36.1 Å². The van der Waals surface area contributed by atoms with E-state index in [4.69, 9.17) is 0 Å². The average Bonchev–Trinajstić information content (AvgIpc) is 3.18. The number of aryl methyl sites for hydroxylation is 1. The highest BCUT2D eigenvalue weighted by Crippen LogP contribution is 2.31. The van der Waals surface area contributed by atoms with Crippen LogP contribution in [0.2, 0.25) is 0 Å². The molecule has 3 aromatic rings. The first-order valence-corrected chi connectivity index (χ1v) is 8.55. The van der Waals surface area contributed by atoms with Crippen molar-refractivity contribution in [2.45, 2.75) is 24.7 Å². The molecular formula is C18H19N3S. The fourth-order valence-corrected chi connectivity index (χ4v) is 4.08. The van der Waals surface area contributed by atoms with Gasteiger partial charge in [-0.3, -0.25) is 8.96 Å². The van der Waals surface area contributed by atoms with Crippen molar-refractivity contribution in [3.63, 3.8) is 0 Å². The van der Waals surface area contributed by atoms with Crippen LogP contribution in [0.3, 0.4) is 0 Å². The number of fused-ring (bicyclic) bond motifs is 1. The van der Waals surface area contributed by atoms with E-state index in [2.05, 4.69) is 57.3 Å². The highest BCUT2D eigenvalue weighted by Gasteiger charge is 2.13. The van der Waals surface area contributed by atoms with Gasteiger partial charge in [0.2, 0.25) is 0 Å². The molecule has 0 amide bonds. The molecule has 0 unspecified atom stereocenters. The Morgan fingerprint density at radius 3 is 2.82 bits per heavy atom. The van der Waals surface area contributed by atoms with Gasteiger partial charge < -0.3 is 4.90 Å². The number of hydrogen-bond donors (Lipinski definition) is 0. The van der Waals surface area contributed by atoms with Crippen LogP contribution in [0.5, 0.6) is 0 Å². The normalized spacial score (nSPS) is 14.9. The van der Waals surface area contributed by atoms with Gasteiger partial charge in [0.05, 0.1) is 11.0 Å². The number of aromatic nitrogens is 2. The standard InChI is InChI=1S/C18H19N3S/c1-14-13-21(17-8-5-9-19-18(14)17)22-16-7-4-6-15(12-16)20-10-2-3-11-20/h4-9,12-13H,2-3,10-11H2,1H3. The Labute approximate surface area is 135 Å².